The molecule has 2 saturated heterocycles. The van der Waals surface area contributed by atoms with Crippen LogP contribution in [0.25, 0.3) is 21.8 Å². The monoisotopic (exact) mass is 2010 g/mol. The smallest absolute Gasteiger partial charge is 0.305 e. The molecule has 4 aliphatic rings. The highest BCUT2D eigenvalue weighted by Gasteiger charge is 2.45. The topological polar surface area (TPSA) is 677 Å². The number of thioether (sulfide) groups is 3. The number of fused-ring (bicyclic) bond motifs is 10. The molecule has 2 fully saturated rings. The number of carbonyl (C=O) groups is 19. The van der Waals surface area contributed by atoms with Crippen molar-refractivity contribution < 1.29 is 101 Å². The minimum absolute atomic E-state index is 0.00141. The van der Waals surface area contributed by atoms with Crippen molar-refractivity contribution in [3.05, 3.63) is 106 Å². The summed E-state index contributed by atoms with van der Waals surface area (Å²) in [6, 6.07) is -1.85. The summed E-state index contributed by atoms with van der Waals surface area (Å²) in [5.41, 5.74) is 13.1. The molecule has 13 unspecified atom stereocenters. The Balaban J connectivity index is 0.991. The van der Waals surface area contributed by atoms with Gasteiger partial charge in [0.2, 0.25) is 76.8 Å². The van der Waals surface area contributed by atoms with Crippen LogP contribution in [-0.4, -0.2) is 339 Å². The Morgan fingerprint density at radius 3 is 1.55 bits per heavy atom. The van der Waals surface area contributed by atoms with Gasteiger partial charge in [0.25, 0.3) is 17.7 Å². The van der Waals surface area contributed by atoms with Crippen molar-refractivity contribution >= 4 is 169 Å². The van der Waals surface area contributed by atoms with Crippen LogP contribution in [0, 0.1) is 23.7 Å². The number of aryl methyl sites for hydroxylation is 3. The van der Waals surface area contributed by atoms with Crippen molar-refractivity contribution in [2.45, 2.75) is 190 Å². The first-order valence-corrected chi connectivity index (χ1v) is 49.4. The molecule has 0 spiro atoms. The summed E-state index contributed by atoms with van der Waals surface area (Å²) >= 11 is 2.84. The van der Waals surface area contributed by atoms with E-state index in [4.69, 9.17) is 11.5 Å². The van der Waals surface area contributed by atoms with Crippen molar-refractivity contribution in [1.82, 2.24) is 133 Å². The number of nitrogens with one attached hydrogen (secondary N) is 12. The number of carboxylic acids is 1. The number of ketones is 2. The number of primary amides is 1. The molecular weight excluding hydrogens is 1890 g/mol. The molecule has 2 aromatic carbocycles. The lowest BCUT2D eigenvalue weighted by molar-refractivity contribution is -0.143. The molecule has 0 aliphatic carbocycles. The summed E-state index contributed by atoms with van der Waals surface area (Å²) < 4.78 is 3.39. The summed E-state index contributed by atoms with van der Waals surface area (Å²) in [5.74, 6) is -24.2. The number of amides is 16. The number of carboxylic acid groups (broad SMARTS) is 1. The van der Waals surface area contributed by atoms with Gasteiger partial charge in [-0.15, -0.1) is 15.3 Å². The molecule has 49 nitrogen and oxygen atoms in total. The molecule has 13 atom stereocenters. The molecule has 18 N–H and O–H groups in total. The molecule has 4 aliphatic heterocycles. The number of hydrogen-bond acceptors (Lipinski definition) is 30. The fourth-order valence-electron chi connectivity index (χ4n) is 16.8. The van der Waals surface area contributed by atoms with Gasteiger partial charge in [-0.25, -0.2) is 14.0 Å². The average molecular weight is 2010 g/mol. The van der Waals surface area contributed by atoms with Crippen LogP contribution in [0.2, 0.25) is 0 Å². The number of nitrogens with two attached hydrogens (primary N) is 2. The van der Waals surface area contributed by atoms with Gasteiger partial charge in [0.05, 0.1) is 57.6 Å². The van der Waals surface area contributed by atoms with Crippen LogP contribution >= 0.6 is 35.3 Å². The number of hydrogen-bond donors (Lipinski definition) is 16. The Bertz CT molecular complexity index is 5870. The number of likely N-dealkylation sites (N-methyl/N-ethyl adjacent to an activating group) is 1. The first kappa shape index (κ1) is 108. The first-order chi connectivity index (χ1) is 67.0. The van der Waals surface area contributed by atoms with E-state index in [2.05, 4.69) is 94.1 Å². The number of rotatable bonds is 19. The number of Topliss-reactive ketones (excluding diaryl/α,β-unsaturated/α-hetero) is 2. The second-order valence-corrected chi connectivity index (χ2v) is 38.9. The Morgan fingerprint density at radius 2 is 1.05 bits per heavy atom. The standard InChI is InChI=1S/C89H120N28O21S3/c1-12-48-28-66(120)73(47(7)118)103-79(128)51(29-65(119)46(6)95-68(122)34-110(8)69(123)23-24-90)35-139-36-59-74(111(9)107-104-59)87(136)114-41-115-43-116(42-114)89(138)76-61(106-109-113(76)11)38-141-40-63(100-78(48)127)83(132)97-57(27-50-32-93-55-21-16-14-19-53(50)55)82(131)101-71(44(2)3)85(134)98-58(30-70(124)125)80(129)94-33-67(121)96-56(26-49-31-92-54-20-15-13-18-52(49)54)81(130)102-72(45(4)5)86(135)117-25-17-22-64(117)84(133)99-62(77(91)126)39-140-37-60-75(88(115)137)112(10)108-105-60/h13-16,18-21,31-32,44-48,51,56-58,62-64,71-73,92-93,118H,12,17,22-30,33-43,90H2,1-11H3,(H2,91,126)(H,94,129)(H,95,122)(H,96,121)(H,97,132)(H,98,134)(H,99,133)(H,100,127)(H,101,131)(H,102,130)(H,103,128)(H,124,125). The Kier molecular flexibility index (Phi) is 37.3. The quantitative estimate of drug-likeness (QED) is 0.0371. The van der Waals surface area contributed by atoms with Gasteiger partial charge in [0.15, 0.2) is 11.6 Å². The third kappa shape index (κ3) is 27.3. The van der Waals surface area contributed by atoms with Crippen molar-refractivity contribution in [2.75, 3.05) is 70.5 Å². The minimum Gasteiger partial charge on any atom is -0.481 e. The van der Waals surface area contributed by atoms with Crippen molar-refractivity contribution in [1.29, 1.82) is 0 Å². The van der Waals surface area contributed by atoms with Crippen LogP contribution in [0.4, 0.5) is 0 Å². The van der Waals surface area contributed by atoms with Crippen molar-refractivity contribution in [3.8, 4) is 0 Å². The van der Waals surface area contributed by atoms with Gasteiger partial charge in [-0.2, -0.15) is 35.3 Å². The summed E-state index contributed by atoms with van der Waals surface area (Å²) in [5, 5.41) is 74.6. The second-order valence-electron chi connectivity index (χ2n) is 35.8. The lowest BCUT2D eigenvalue weighted by atomic mass is 9.92. The van der Waals surface area contributed by atoms with Gasteiger partial charge in [-0.05, 0) is 68.2 Å². The normalized spacial score (nSPS) is 23.1. The van der Waals surface area contributed by atoms with E-state index in [-0.39, 0.29) is 115 Å². The highest BCUT2D eigenvalue weighted by atomic mass is 32.2. The molecule has 0 radical (unpaired) electrons. The second kappa shape index (κ2) is 48.9. The molecule has 16 amide bonds. The molecule has 760 valence electrons. The predicted molar refractivity (Wildman–Crippen MR) is 510 cm³/mol. The van der Waals surface area contributed by atoms with E-state index in [0.717, 1.165) is 68.9 Å². The number of para-hydroxylation sites is 2. The Morgan fingerprint density at radius 1 is 0.560 bits per heavy atom. The number of aliphatic carboxylic acids is 1. The van der Waals surface area contributed by atoms with Gasteiger partial charge in [-0.1, -0.05) is 86.7 Å². The largest absolute Gasteiger partial charge is 0.481 e. The number of nitrogens with zero attached hydrogens (tertiary/aromatic N) is 14. The summed E-state index contributed by atoms with van der Waals surface area (Å²) in [6.07, 6.45) is -1.43. The molecule has 141 heavy (non-hydrogen) atoms. The molecule has 5 aromatic heterocycles. The average Bonchev–Trinajstić information content (AvgIpc) is 1.49. The van der Waals surface area contributed by atoms with Crippen LogP contribution < -0.4 is 64.6 Å². The van der Waals surface area contributed by atoms with Crippen molar-refractivity contribution in [3.63, 3.8) is 0 Å². The third-order valence-corrected chi connectivity index (χ3v) is 27.8. The van der Waals surface area contributed by atoms with E-state index in [1.165, 1.54) is 67.7 Å². The molecular formula is C89H120N28O21S3. The van der Waals surface area contributed by atoms with Gasteiger partial charge >= 0.3 is 5.97 Å². The molecule has 7 aromatic rings. The number of H-pyrrole nitrogens is 2. The first-order valence-electron chi connectivity index (χ1n) is 45.9. The highest BCUT2D eigenvalue weighted by Crippen LogP contribution is 2.30. The zero-order chi connectivity index (χ0) is 103. The van der Waals surface area contributed by atoms with Gasteiger partial charge < -0.3 is 109 Å². The lowest BCUT2D eigenvalue weighted by Gasteiger charge is -2.42. The zero-order valence-electron chi connectivity index (χ0n) is 79.8. The maximum atomic E-state index is 15.8. The number of benzene rings is 2. The summed E-state index contributed by atoms with van der Waals surface area (Å²) in [7, 11) is 5.53. The van der Waals surface area contributed by atoms with E-state index in [1.54, 1.807) is 74.8 Å². The Hall–Kier alpha value is -13.8. The Labute approximate surface area is 821 Å². The van der Waals surface area contributed by atoms with Crippen LogP contribution in [-0.2, 0) is 128 Å². The van der Waals surface area contributed by atoms with Crippen LogP contribution in [0.5, 0.6) is 0 Å². The third-order valence-electron chi connectivity index (χ3n) is 24.6. The molecule has 4 bridgehead atoms. The summed E-state index contributed by atoms with van der Waals surface area (Å²) in [6.45, 7) is 7.15. The van der Waals surface area contributed by atoms with Gasteiger partial charge in [0, 0.05) is 148 Å². The lowest BCUT2D eigenvalue weighted by Crippen LogP contribution is -2.61. The van der Waals surface area contributed by atoms with E-state index in [0.29, 0.717) is 32.9 Å². The zero-order valence-corrected chi connectivity index (χ0v) is 82.2. The molecule has 9 heterocycles. The maximum Gasteiger partial charge on any atom is 0.305 e. The predicted octanol–water partition coefficient (Wildman–Crippen LogP) is -3.63. The van der Waals surface area contributed by atoms with Gasteiger partial charge in [0.1, 0.15) is 88.5 Å². The maximum absolute atomic E-state index is 15.8. The van der Waals surface area contributed by atoms with Gasteiger partial charge in [-0.3, -0.25) is 91.1 Å². The number of aliphatic hydroxyl groups excluding tert-OH is 1. The van der Waals surface area contributed by atoms with Crippen LogP contribution in [0.3, 0.4) is 0 Å². The number of aliphatic hydroxyl groups is 1. The number of aromatic nitrogens is 11. The van der Waals surface area contributed by atoms with E-state index < -0.39 is 260 Å². The molecule has 0 saturated carbocycles. The SMILES string of the molecule is CCC1CC(=O)C(C(C)O)NC(=O)C(CC(=O)C(C)NC(=O)CN(C)C(=O)CCN)CSCc2nnn(C)c2C(=O)N2CN3CN(C2)C(=O)c2c(nnn2C)CSCC(NC1=O)C(=O)NC(Cc1c[nH]c2ccccc12)C(=O)NC(C(C)C)C(=O)NC(CC(=O)O)C(=O)NCC(=O)NC(Cc1c[nH]c2ccccc12)C(=O)NC(C(C)C)C(=O)N1CCCC1C(=O)NC(C(N)=O)CSCc1nnn(C)c1C3=O. The number of aromatic amines is 2. The highest BCUT2D eigenvalue weighted by molar-refractivity contribution is 7.99. The van der Waals surface area contributed by atoms with E-state index in [1.807, 2.05) is 0 Å². The minimum atomic E-state index is -1.98. The molecule has 52 heteroatoms. The fraction of sp³-hybridized carbons (Fsp3) is 0.539. The van der Waals surface area contributed by atoms with Crippen LogP contribution in [0.1, 0.15) is 153 Å². The summed E-state index contributed by atoms with van der Waals surface area (Å²) in [4.78, 5) is 290. The van der Waals surface area contributed by atoms with E-state index >= 15 is 38.4 Å². The molecule has 11 rings (SSSR count). The van der Waals surface area contributed by atoms with Crippen LogP contribution in [0.15, 0.2) is 60.9 Å². The number of carbonyl (C=O) groups excluding carboxylic acids is 18. The van der Waals surface area contributed by atoms with E-state index in [9.17, 15) is 63.0 Å². The van der Waals surface area contributed by atoms with Crippen molar-refractivity contribution in [2.24, 2.45) is 56.3 Å². The fourth-order valence-corrected chi connectivity index (χ4v) is 19.8.